The number of rotatable bonds is 2. The average Bonchev–Trinajstić information content (AvgIpc) is 2.58. The number of hydrogen-bond acceptors (Lipinski definition) is 5. The number of nitrogens with two attached hydrogens (primary N) is 1. The van der Waals surface area contributed by atoms with Gasteiger partial charge in [0.05, 0.1) is 0 Å². The third-order valence-electron chi connectivity index (χ3n) is 2.52. The molecule has 0 aliphatic carbocycles. The molecule has 2 rings (SSSR count). The van der Waals surface area contributed by atoms with Crippen LogP contribution in [0.15, 0.2) is 18.2 Å². The number of nitrogen functional groups attached to an aromatic ring is 1. The van der Waals surface area contributed by atoms with E-state index >= 15 is 0 Å². The van der Waals surface area contributed by atoms with E-state index in [0.29, 0.717) is 25.4 Å². The fourth-order valence-electron chi connectivity index (χ4n) is 1.72. The van der Waals surface area contributed by atoms with Crippen molar-refractivity contribution in [3.05, 3.63) is 29.0 Å². The summed E-state index contributed by atoms with van der Waals surface area (Å²) in [6.45, 7) is 2.23. The molecule has 1 heterocycles. The number of hydrogen-bond donors (Lipinski definition) is 2. The predicted octanol–water partition coefficient (Wildman–Crippen LogP) is 0.547. The normalized spacial score (nSPS) is 18.5. The zero-order valence-corrected chi connectivity index (χ0v) is 8.39. The monoisotopic (exact) mass is 208 g/mol. The Balaban J connectivity index is 2.07. The summed E-state index contributed by atoms with van der Waals surface area (Å²) in [5.74, 6) is 0.230. The van der Waals surface area contributed by atoms with Gasteiger partial charge >= 0.3 is 0 Å². The number of aromatic hydroxyl groups is 1. The molecule has 0 spiro atoms. The average molecular weight is 208 g/mol. The van der Waals surface area contributed by atoms with E-state index in [4.69, 9.17) is 5.73 Å². The fraction of sp³-hybridized carbons (Fsp3) is 0.400. The first kappa shape index (κ1) is 10.2. The molecule has 3 N–H and O–H groups in total. The molecule has 0 saturated carbocycles. The summed E-state index contributed by atoms with van der Waals surface area (Å²) in [6, 6.07) is 4.97. The van der Waals surface area contributed by atoms with Gasteiger partial charge in [-0.15, -0.1) is 0 Å². The molecule has 1 fully saturated rings. The predicted molar refractivity (Wildman–Crippen MR) is 57.9 cm³/mol. The minimum Gasteiger partial charge on any atom is -0.784 e. The van der Waals surface area contributed by atoms with E-state index in [1.165, 1.54) is 0 Å². The van der Waals surface area contributed by atoms with Crippen LogP contribution < -0.4 is 5.73 Å². The van der Waals surface area contributed by atoms with Gasteiger partial charge in [0.2, 0.25) is 0 Å². The minimum atomic E-state index is 0.230. The Bertz CT molecular complexity index is 357. The van der Waals surface area contributed by atoms with Gasteiger partial charge in [-0.2, -0.15) is 0 Å². The van der Waals surface area contributed by atoms with E-state index in [1.54, 1.807) is 18.2 Å². The SMILES string of the molecule is Nc1ccc(O)c(CN2CCN([O-])C2)c1. The number of nitrogens with zero attached hydrogens (tertiary/aromatic N) is 2. The highest BCUT2D eigenvalue weighted by molar-refractivity contribution is 5.47. The fourth-order valence-corrected chi connectivity index (χ4v) is 1.72. The Morgan fingerprint density at radius 1 is 1.40 bits per heavy atom. The molecule has 1 aliphatic rings. The Morgan fingerprint density at radius 2 is 2.20 bits per heavy atom. The summed E-state index contributed by atoms with van der Waals surface area (Å²) in [5.41, 5.74) is 7.02. The Hall–Kier alpha value is -1.30. The van der Waals surface area contributed by atoms with Crippen LogP contribution >= 0.6 is 0 Å². The van der Waals surface area contributed by atoms with Crippen LogP contribution in [-0.2, 0) is 6.54 Å². The van der Waals surface area contributed by atoms with Crippen molar-refractivity contribution in [2.24, 2.45) is 0 Å². The Kier molecular flexibility index (Phi) is 2.77. The van der Waals surface area contributed by atoms with Gasteiger partial charge in [-0.05, 0) is 24.7 Å². The van der Waals surface area contributed by atoms with E-state index in [1.807, 2.05) is 4.90 Å². The van der Waals surface area contributed by atoms with Crippen molar-refractivity contribution in [2.75, 3.05) is 25.5 Å². The first-order valence-electron chi connectivity index (χ1n) is 4.87. The van der Waals surface area contributed by atoms with Crippen LogP contribution in [0.4, 0.5) is 5.69 Å². The molecular formula is C10H14N3O2-. The highest BCUT2D eigenvalue weighted by atomic mass is 16.5. The lowest BCUT2D eigenvalue weighted by molar-refractivity contribution is 0.279. The van der Waals surface area contributed by atoms with E-state index in [2.05, 4.69) is 0 Å². The summed E-state index contributed by atoms with van der Waals surface area (Å²) >= 11 is 0. The minimum absolute atomic E-state index is 0.230. The maximum Gasteiger partial charge on any atom is 0.120 e. The number of hydroxylamine groups is 2. The molecule has 0 aromatic heterocycles. The Labute approximate surface area is 88.3 Å². The van der Waals surface area contributed by atoms with Gasteiger partial charge in [0, 0.05) is 31.0 Å². The van der Waals surface area contributed by atoms with E-state index in [0.717, 1.165) is 17.2 Å². The van der Waals surface area contributed by atoms with Crippen molar-refractivity contribution in [2.45, 2.75) is 6.54 Å². The Morgan fingerprint density at radius 3 is 2.87 bits per heavy atom. The summed E-state index contributed by atoms with van der Waals surface area (Å²) in [7, 11) is 0. The van der Waals surface area contributed by atoms with Crippen LogP contribution in [0.25, 0.3) is 0 Å². The molecule has 0 unspecified atom stereocenters. The van der Waals surface area contributed by atoms with Crippen molar-refractivity contribution < 1.29 is 5.11 Å². The van der Waals surface area contributed by atoms with E-state index in [9.17, 15) is 10.3 Å². The van der Waals surface area contributed by atoms with Crippen LogP contribution in [-0.4, -0.2) is 34.8 Å². The van der Waals surface area contributed by atoms with Crippen LogP contribution in [0.5, 0.6) is 5.75 Å². The van der Waals surface area contributed by atoms with Gasteiger partial charge in [0.1, 0.15) is 5.75 Å². The van der Waals surface area contributed by atoms with Crippen molar-refractivity contribution in [1.82, 2.24) is 9.96 Å². The molecule has 82 valence electrons. The highest BCUT2D eigenvalue weighted by Gasteiger charge is 2.14. The van der Waals surface area contributed by atoms with Gasteiger partial charge in [-0.3, -0.25) is 4.90 Å². The summed E-state index contributed by atoms with van der Waals surface area (Å²) in [4.78, 5) is 1.97. The largest absolute Gasteiger partial charge is 0.784 e. The zero-order valence-electron chi connectivity index (χ0n) is 8.39. The van der Waals surface area contributed by atoms with Crippen LogP contribution in [0.3, 0.4) is 0 Å². The molecule has 0 amide bonds. The molecular weight excluding hydrogens is 194 g/mol. The van der Waals surface area contributed by atoms with Crippen LogP contribution in [0, 0.1) is 5.21 Å². The second-order valence-corrected chi connectivity index (χ2v) is 3.79. The summed E-state index contributed by atoms with van der Waals surface area (Å²) < 4.78 is 0. The van der Waals surface area contributed by atoms with Crippen molar-refractivity contribution in [3.63, 3.8) is 0 Å². The van der Waals surface area contributed by atoms with Gasteiger partial charge in [-0.1, -0.05) is 0 Å². The first-order valence-corrected chi connectivity index (χ1v) is 4.87. The number of phenols is 1. The first-order chi connectivity index (χ1) is 7.15. The second-order valence-electron chi connectivity index (χ2n) is 3.79. The number of benzene rings is 1. The van der Waals surface area contributed by atoms with Crippen molar-refractivity contribution in [1.29, 1.82) is 0 Å². The van der Waals surface area contributed by atoms with Gasteiger partial charge in [0.25, 0.3) is 0 Å². The second kappa shape index (κ2) is 4.06. The maximum absolute atomic E-state index is 11.0. The topological polar surface area (TPSA) is 75.8 Å². The zero-order chi connectivity index (χ0) is 10.8. The summed E-state index contributed by atoms with van der Waals surface area (Å²) in [6.07, 6.45) is 0. The molecule has 1 aromatic rings. The number of phenolic OH excluding ortho intramolecular Hbond substituents is 1. The standard InChI is InChI=1S/C10H14N3O2/c11-9-1-2-10(14)8(5-9)6-12-3-4-13(15)7-12/h1-2,5,14H,3-4,6-7,11H2/q-1. The van der Waals surface area contributed by atoms with Gasteiger partial charge < -0.3 is 21.1 Å². The van der Waals surface area contributed by atoms with Crippen molar-refractivity contribution >= 4 is 5.69 Å². The lowest BCUT2D eigenvalue weighted by atomic mass is 10.1. The number of anilines is 1. The third kappa shape index (κ3) is 2.38. The quantitative estimate of drug-likeness (QED) is 0.548. The molecule has 0 bridgehead atoms. The lowest BCUT2D eigenvalue weighted by Gasteiger charge is -2.22. The maximum atomic E-state index is 11.0. The molecule has 1 aliphatic heterocycles. The van der Waals surface area contributed by atoms with Gasteiger partial charge in [-0.25, -0.2) is 0 Å². The van der Waals surface area contributed by atoms with E-state index < -0.39 is 0 Å². The smallest absolute Gasteiger partial charge is 0.120 e. The third-order valence-corrected chi connectivity index (χ3v) is 2.52. The van der Waals surface area contributed by atoms with Crippen LogP contribution in [0.1, 0.15) is 5.56 Å². The molecule has 5 nitrogen and oxygen atoms in total. The van der Waals surface area contributed by atoms with Gasteiger partial charge in [0.15, 0.2) is 0 Å². The molecule has 1 aromatic carbocycles. The lowest BCUT2D eigenvalue weighted by Crippen LogP contribution is -2.21. The molecule has 0 radical (unpaired) electrons. The highest BCUT2D eigenvalue weighted by Crippen LogP contribution is 2.22. The van der Waals surface area contributed by atoms with Crippen molar-refractivity contribution in [3.8, 4) is 5.75 Å². The summed E-state index contributed by atoms with van der Waals surface area (Å²) in [5, 5.41) is 21.6. The molecule has 1 saturated heterocycles. The van der Waals surface area contributed by atoms with E-state index in [-0.39, 0.29) is 5.75 Å². The molecule has 5 heteroatoms. The molecule has 0 atom stereocenters. The van der Waals surface area contributed by atoms with Crippen LogP contribution in [0.2, 0.25) is 0 Å². The molecule has 15 heavy (non-hydrogen) atoms.